The topological polar surface area (TPSA) is 0 Å². The number of hydrogen-bond acceptors (Lipinski definition) is 0. The van der Waals surface area contributed by atoms with Crippen LogP contribution in [-0.4, -0.2) is 0 Å². The van der Waals surface area contributed by atoms with E-state index in [1.165, 1.54) is 47.1 Å². The molecule has 0 aromatic heterocycles. The molecule has 0 bridgehead atoms. The zero-order valence-corrected chi connectivity index (χ0v) is 24.1. The van der Waals surface area contributed by atoms with Crippen LogP contribution in [0.1, 0.15) is 97.3 Å². The number of aryl methyl sites for hydroxylation is 1. The fourth-order valence-corrected chi connectivity index (χ4v) is 3.17. The van der Waals surface area contributed by atoms with Crippen molar-refractivity contribution in [3.8, 4) is 0 Å². The van der Waals surface area contributed by atoms with Crippen LogP contribution < -0.4 is 0 Å². The minimum atomic E-state index is 0.523. The van der Waals surface area contributed by atoms with Crippen LogP contribution in [0.15, 0.2) is 97.1 Å². The molecule has 0 nitrogen and oxygen atoms in total. The molecule has 2 unspecified atom stereocenters. The number of hydrogen-bond donors (Lipinski definition) is 0. The van der Waals surface area contributed by atoms with Crippen LogP contribution in [0, 0.1) is 18.8 Å². The second kappa shape index (κ2) is 19.7. The lowest BCUT2D eigenvalue weighted by molar-refractivity contribution is 0.585. The summed E-state index contributed by atoms with van der Waals surface area (Å²) in [7, 11) is 0. The van der Waals surface area contributed by atoms with Crippen molar-refractivity contribution in [2.75, 3.05) is 0 Å². The van der Waals surface area contributed by atoms with Crippen LogP contribution in [0.25, 0.3) is 5.57 Å². The predicted octanol–water partition coefficient (Wildman–Crippen LogP) is 11.4. The molecular formula is C35H52. The normalized spacial score (nSPS) is 14.7. The van der Waals surface area contributed by atoms with E-state index in [2.05, 4.69) is 133 Å². The predicted molar refractivity (Wildman–Crippen MR) is 162 cm³/mol. The minimum Gasteiger partial charge on any atom is -0.0999 e. The minimum absolute atomic E-state index is 0.523. The van der Waals surface area contributed by atoms with Gasteiger partial charge in [0, 0.05) is 0 Å². The Morgan fingerprint density at radius 2 is 1.43 bits per heavy atom. The van der Waals surface area contributed by atoms with Gasteiger partial charge in [0.25, 0.3) is 0 Å². The standard InChI is InChI=1S/C24H26.C6H12.C3H8.C2H6/c1-19-11-16-22(17-12-19)20(2)13-14-21-7-6-10-24(18-15-21)23-8-4-3-5-9-23;1-5(2)6(3)4;1-3-2;1-2/h3-12,15-18,20-21H,13-14H2,1-2H3;6H,1H2,2-4H3;3H2,1-2H3;1-2H3. The van der Waals surface area contributed by atoms with E-state index in [-0.39, 0.29) is 0 Å². The van der Waals surface area contributed by atoms with Gasteiger partial charge >= 0.3 is 0 Å². The lowest BCUT2D eigenvalue weighted by Gasteiger charge is -2.14. The molecule has 0 spiro atoms. The van der Waals surface area contributed by atoms with Crippen LogP contribution >= 0.6 is 0 Å². The Kier molecular flexibility index (Phi) is 18.2. The lowest BCUT2D eigenvalue weighted by atomic mass is 9.91. The highest BCUT2D eigenvalue weighted by Crippen LogP contribution is 2.27. The van der Waals surface area contributed by atoms with Gasteiger partial charge in [0.15, 0.2) is 0 Å². The average Bonchev–Trinajstić information content (AvgIpc) is 3.11. The van der Waals surface area contributed by atoms with E-state index in [1.54, 1.807) is 0 Å². The highest BCUT2D eigenvalue weighted by atomic mass is 14.1. The maximum atomic E-state index is 3.75. The van der Waals surface area contributed by atoms with Crippen molar-refractivity contribution in [3.63, 3.8) is 0 Å². The van der Waals surface area contributed by atoms with Gasteiger partial charge in [-0.3, -0.25) is 0 Å². The molecule has 1 aliphatic rings. The van der Waals surface area contributed by atoms with Crippen molar-refractivity contribution in [2.24, 2.45) is 11.8 Å². The van der Waals surface area contributed by atoms with Crippen LogP contribution in [0.2, 0.25) is 0 Å². The van der Waals surface area contributed by atoms with E-state index in [1.807, 2.05) is 20.8 Å². The van der Waals surface area contributed by atoms with Gasteiger partial charge in [0.2, 0.25) is 0 Å². The van der Waals surface area contributed by atoms with Gasteiger partial charge in [-0.25, -0.2) is 0 Å². The van der Waals surface area contributed by atoms with Gasteiger partial charge in [-0.1, -0.05) is 158 Å². The van der Waals surface area contributed by atoms with Crippen molar-refractivity contribution in [3.05, 3.63) is 114 Å². The second-order valence-electron chi connectivity index (χ2n) is 9.49. The quantitative estimate of drug-likeness (QED) is 0.367. The van der Waals surface area contributed by atoms with Gasteiger partial charge in [-0.2, -0.15) is 0 Å². The molecule has 3 rings (SSSR count). The third-order valence-corrected chi connectivity index (χ3v) is 5.83. The first-order valence-corrected chi connectivity index (χ1v) is 13.6. The van der Waals surface area contributed by atoms with Crippen LogP contribution in [0.5, 0.6) is 0 Å². The Bertz CT molecular complexity index is 875. The monoisotopic (exact) mass is 472 g/mol. The Balaban J connectivity index is 0.000000894. The number of benzene rings is 2. The molecule has 192 valence electrons. The third-order valence-electron chi connectivity index (χ3n) is 5.83. The summed E-state index contributed by atoms with van der Waals surface area (Å²) in [4.78, 5) is 0. The van der Waals surface area contributed by atoms with Gasteiger partial charge in [-0.15, -0.1) is 0 Å². The molecule has 0 heteroatoms. The van der Waals surface area contributed by atoms with Crippen LogP contribution in [-0.2, 0) is 0 Å². The Morgan fingerprint density at radius 3 is 1.94 bits per heavy atom. The zero-order chi connectivity index (χ0) is 26.6. The highest BCUT2D eigenvalue weighted by Gasteiger charge is 2.10. The van der Waals surface area contributed by atoms with Crippen molar-refractivity contribution in [1.82, 2.24) is 0 Å². The van der Waals surface area contributed by atoms with Crippen LogP contribution in [0.3, 0.4) is 0 Å². The van der Waals surface area contributed by atoms with Gasteiger partial charge in [0.05, 0.1) is 0 Å². The largest absolute Gasteiger partial charge is 0.0999 e. The fourth-order valence-electron chi connectivity index (χ4n) is 3.17. The summed E-state index contributed by atoms with van der Waals surface area (Å²) < 4.78 is 0. The molecule has 0 fully saturated rings. The van der Waals surface area contributed by atoms with Crippen LogP contribution in [0.4, 0.5) is 0 Å². The molecule has 0 heterocycles. The summed E-state index contributed by atoms with van der Waals surface area (Å²) in [6.45, 7) is 22.8. The first kappa shape index (κ1) is 32.4. The van der Waals surface area contributed by atoms with E-state index in [4.69, 9.17) is 0 Å². The summed E-state index contributed by atoms with van der Waals surface area (Å²) in [5.74, 6) is 1.79. The average molecular weight is 473 g/mol. The zero-order valence-electron chi connectivity index (χ0n) is 24.1. The van der Waals surface area contributed by atoms with Crippen molar-refractivity contribution in [1.29, 1.82) is 0 Å². The van der Waals surface area contributed by atoms with E-state index < -0.39 is 0 Å². The molecule has 2 atom stereocenters. The van der Waals surface area contributed by atoms with Gasteiger partial charge < -0.3 is 0 Å². The molecule has 0 amide bonds. The molecular weight excluding hydrogens is 420 g/mol. The molecule has 0 aliphatic heterocycles. The molecule has 0 radical (unpaired) electrons. The molecule has 35 heavy (non-hydrogen) atoms. The van der Waals surface area contributed by atoms with Crippen molar-refractivity contribution in [2.45, 2.75) is 87.5 Å². The Hall–Kier alpha value is -2.60. The second-order valence-corrected chi connectivity index (χ2v) is 9.49. The highest BCUT2D eigenvalue weighted by molar-refractivity contribution is 5.75. The summed E-state index contributed by atoms with van der Waals surface area (Å²) in [5.41, 5.74) is 6.62. The SMILES string of the molecule is C=C(C)C(C)C.CC.CCC.Cc1ccc(C(C)CCC2C=CC=C(c3ccccc3)C=C2)cc1. The first-order valence-electron chi connectivity index (χ1n) is 13.6. The van der Waals surface area contributed by atoms with Crippen molar-refractivity contribution >= 4 is 5.57 Å². The van der Waals surface area contributed by atoms with E-state index in [0.29, 0.717) is 17.8 Å². The summed E-state index contributed by atoms with van der Waals surface area (Å²) in [5, 5.41) is 0. The molecule has 2 aromatic rings. The summed E-state index contributed by atoms with van der Waals surface area (Å²) >= 11 is 0. The molecule has 0 saturated heterocycles. The van der Waals surface area contributed by atoms with E-state index in [0.717, 1.165) is 0 Å². The maximum absolute atomic E-state index is 3.75. The van der Waals surface area contributed by atoms with Gasteiger partial charge in [0.1, 0.15) is 0 Å². The Morgan fingerprint density at radius 1 is 0.886 bits per heavy atom. The molecule has 0 N–H and O–H groups in total. The third kappa shape index (κ3) is 14.4. The maximum Gasteiger partial charge on any atom is -0.00468 e. The summed E-state index contributed by atoms with van der Waals surface area (Å²) in [6, 6.07) is 19.6. The van der Waals surface area contributed by atoms with E-state index >= 15 is 0 Å². The molecule has 2 aromatic carbocycles. The van der Waals surface area contributed by atoms with Gasteiger partial charge in [-0.05, 0) is 61.1 Å². The Labute approximate surface area is 218 Å². The molecule has 1 aliphatic carbocycles. The lowest BCUT2D eigenvalue weighted by Crippen LogP contribution is -1.98. The summed E-state index contributed by atoms with van der Waals surface area (Å²) in [6.07, 6.45) is 15.0. The fraction of sp³-hybridized carbons (Fsp3) is 0.429. The smallest absolute Gasteiger partial charge is 0.00468 e. The van der Waals surface area contributed by atoms with E-state index in [9.17, 15) is 0 Å². The van der Waals surface area contributed by atoms with Crippen molar-refractivity contribution < 1.29 is 0 Å². The molecule has 0 saturated carbocycles. The number of rotatable bonds is 6. The first-order chi connectivity index (χ1) is 16.8. The number of allylic oxidation sites excluding steroid dienone is 7.